The summed E-state index contributed by atoms with van der Waals surface area (Å²) in [6.45, 7) is 7.23. The minimum atomic E-state index is -0.105. The number of aryl methyl sites for hydroxylation is 1. The molecule has 0 amide bonds. The first-order valence-corrected chi connectivity index (χ1v) is 6.57. The Morgan fingerprint density at radius 2 is 2.06 bits per heavy atom. The lowest BCUT2D eigenvalue weighted by atomic mass is 10.0. The van der Waals surface area contributed by atoms with E-state index in [2.05, 4.69) is 19.2 Å². The Labute approximate surface area is 103 Å². The molecule has 17 heavy (non-hydrogen) atoms. The van der Waals surface area contributed by atoms with Gasteiger partial charge in [0.1, 0.15) is 5.82 Å². The van der Waals surface area contributed by atoms with Gasteiger partial charge in [-0.1, -0.05) is 19.1 Å². The van der Waals surface area contributed by atoms with Gasteiger partial charge in [-0.05, 0) is 62.3 Å². The maximum atomic E-state index is 13.4. The summed E-state index contributed by atoms with van der Waals surface area (Å²) in [6, 6.07) is 5.74. The van der Waals surface area contributed by atoms with E-state index in [1.54, 1.807) is 13.0 Å². The minimum absolute atomic E-state index is 0.105. The molecule has 1 fully saturated rings. The zero-order valence-corrected chi connectivity index (χ0v) is 11.0. The molecule has 1 aromatic rings. The molecule has 2 heteroatoms. The maximum Gasteiger partial charge on any atom is 0.126 e. The van der Waals surface area contributed by atoms with E-state index in [1.165, 1.54) is 12.8 Å². The summed E-state index contributed by atoms with van der Waals surface area (Å²) < 4.78 is 13.4. The Bertz CT molecular complexity index is 385. The molecule has 0 aliphatic heterocycles. The van der Waals surface area contributed by atoms with Crippen LogP contribution < -0.4 is 5.32 Å². The lowest BCUT2D eigenvalue weighted by Gasteiger charge is -2.18. The lowest BCUT2D eigenvalue weighted by Crippen LogP contribution is -2.25. The highest BCUT2D eigenvalue weighted by Gasteiger charge is 2.27. The van der Waals surface area contributed by atoms with Crippen molar-refractivity contribution in [2.45, 2.75) is 39.7 Å². The van der Waals surface area contributed by atoms with E-state index in [0.29, 0.717) is 5.56 Å². The molecule has 2 rings (SSSR count). The van der Waals surface area contributed by atoms with Crippen LogP contribution in [0, 0.1) is 24.6 Å². The van der Waals surface area contributed by atoms with E-state index in [4.69, 9.17) is 0 Å². The quantitative estimate of drug-likeness (QED) is 0.818. The first-order valence-electron chi connectivity index (χ1n) is 6.57. The molecule has 1 saturated carbocycles. The molecule has 94 valence electrons. The van der Waals surface area contributed by atoms with Gasteiger partial charge in [0.25, 0.3) is 0 Å². The summed E-state index contributed by atoms with van der Waals surface area (Å²) in [5, 5.41) is 3.50. The Morgan fingerprint density at radius 1 is 1.35 bits per heavy atom. The largest absolute Gasteiger partial charge is 0.310 e. The number of benzene rings is 1. The standard InChI is InChI=1S/C15H22FN/c1-10-4-5-14(8-15(10)16)12(3)17-9-11(2)13-6-7-13/h4-5,8,11-13,17H,6-7,9H2,1-3H3. The second-order valence-corrected chi connectivity index (χ2v) is 5.45. The second-order valence-electron chi connectivity index (χ2n) is 5.45. The average molecular weight is 235 g/mol. The third kappa shape index (κ3) is 3.29. The van der Waals surface area contributed by atoms with Gasteiger partial charge in [-0.3, -0.25) is 0 Å². The lowest BCUT2D eigenvalue weighted by molar-refractivity contribution is 0.431. The van der Waals surface area contributed by atoms with Crippen LogP contribution in [0.1, 0.15) is 43.9 Å². The van der Waals surface area contributed by atoms with Crippen LogP contribution in [-0.4, -0.2) is 6.54 Å². The van der Waals surface area contributed by atoms with Gasteiger partial charge in [0.15, 0.2) is 0 Å². The SMILES string of the molecule is Cc1ccc(C(C)NCC(C)C2CC2)cc1F. The molecule has 2 unspecified atom stereocenters. The zero-order valence-electron chi connectivity index (χ0n) is 11.0. The summed E-state index contributed by atoms with van der Waals surface area (Å²) in [4.78, 5) is 0. The van der Waals surface area contributed by atoms with Crippen LogP contribution in [0.4, 0.5) is 4.39 Å². The van der Waals surface area contributed by atoms with Crippen LogP contribution in [-0.2, 0) is 0 Å². The maximum absolute atomic E-state index is 13.4. The molecule has 1 nitrogen and oxygen atoms in total. The molecule has 1 aliphatic carbocycles. The summed E-state index contributed by atoms with van der Waals surface area (Å²) in [5.74, 6) is 1.56. The Kier molecular flexibility index (Phi) is 3.82. The molecule has 0 spiro atoms. The number of halogens is 1. The van der Waals surface area contributed by atoms with Crippen molar-refractivity contribution in [2.75, 3.05) is 6.54 Å². The molecule has 0 heterocycles. The highest BCUT2D eigenvalue weighted by Crippen LogP contribution is 2.36. The number of rotatable bonds is 5. The van der Waals surface area contributed by atoms with Gasteiger partial charge in [-0.15, -0.1) is 0 Å². The van der Waals surface area contributed by atoms with Gasteiger partial charge < -0.3 is 5.32 Å². The Balaban J connectivity index is 1.89. The second kappa shape index (κ2) is 5.18. The van der Waals surface area contributed by atoms with Gasteiger partial charge >= 0.3 is 0 Å². The van der Waals surface area contributed by atoms with Crippen LogP contribution in [0.15, 0.2) is 18.2 Å². The smallest absolute Gasteiger partial charge is 0.126 e. The molecule has 0 saturated heterocycles. The summed E-state index contributed by atoms with van der Waals surface area (Å²) in [7, 11) is 0. The summed E-state index contributed by atoms with van der Waals surface area (Å²) in [6.07, 6.45) is 2.77. The van der Waals surface area contributed by atoms with Crippen molar-refractivity contribution in [3.05, 3.63) is 35.1 Å². The Morgan fingerprint density at radius 3 is 2.65 bits per heavy atom. The summed E-state index contributed by atoms with van der Waals surface area (Å²) >= 11 is 0. The molecule has 2 atom stereocenters. The van der Waals surface area contributed by atoms with Crippen molar-refractivity contribution >= 4 is 0 Å². The van der Waals surface area contributed by atoms with E-state index in [1.807, 2.05) is 12.1 Å². The van der Waals surface area contributed by atoms with E-state index in [9.17, 15) is 4.39 Å². The van der Waals surface area contributed by atoms with Gasteiger partial charge in [-0.25, -0.2) is 4.39 Å². The van der Waals surface area contributed by atoms with Crippen molar-refractivity contribution in [1.29, 1.82) is 0 Å². The Hall–Kier alpha value is -0.890. The zero-order chi connectivity index (χ0) is 12.4. The fourth-order valence-electron chi connectivity index (χ4n) is 2.19. The molecule has 0 bridgehead atoms. The molecule has 1 aliphatic rings. The molecule has 1 N–H and O–H groups in total. The molecular formula is C15H22FN. The van der Waals surface area contributed by atoms with Crippen LogP contribution in [0.5, 0.6) is 0 Å². The van der Waals surface area contributed by atoms with Gasteiger partial charge in [0, 0.05) is 6.04 Å². The van der Waals surface area contributed by atoms with Gasteiger partial charge in [0.05, 0.1) is 0 Å². The highest BCUT2D eigenvalue weighted by molar-refractivity contribution is 5.25. The first-order chi connectivity index (χ1) is 8.08. The van der Waals surface area contributed by atoms with Crippen molar-refractivity contribution in [3.8, 4) is 0 Å². The predicted molar refractivity (Wildman–Crippen MR) is 69.4 cm³/mol. The topological polar surface area (TPSA) is 12.0 Å². The van der Waals surface area contributed by atoms with E-state index in [0.717, 1.165) is 23.9 Å². The molecule has 0 aromatic heterocycles. The van der Waals surface area contributed by atoms with Crippen molar-refractivity contribution in [1.82, 2.24) is 5.32 Å². The van der Waals surface area contributed by atoms with Crippen molar-refractivity contribution in [3.63, 3.8) is 0 Å². The number of hydrogen-bond acceptors (Lipinski definition) is 1. The van der Waals surface area contributed by atoms with Crippen LogP contribution >= 0.6 is 0 Å². The van der Waals surface area contributed by atoms with E-state index < -0.39 is 0 Å². The third-order valence-electron chi connectivity index (χ3n) is 3.87. The van der Waals surface area contributed by atoms with Crippen molar-refractivity contribution < 1.29 is 4.39 Å². The van der Waals surface area contributed by atoms with E-state index >= 15 is 0 Å². The first kappa shape index (κ1) is 12.6. The normalized spacial score (nSPS) is 19.1. The minimum Gasteiger partial charge on any atom is -0.310 e. The molecule has 0 radical (unpaired) electrons. The van der Waals surface area contributed by atoms with E-state index in [-0.39, 0.29) is 11.9 Å². The van der Waals surface area contributed by atoms with Crippen LogP contribution in [0.3, 0.4) is 0 Å². The fourth-order valence-corrected chi connectivity index (χ4v) is 2.19. The van der Waals surface area contributed by atoms with Gasteiger partial charge in [0.2, 0.25) is 0 Å². The van der Waals surface area contributed by atoms with Crippen LogP contribution in [0.25, 0.3) is 0 Å². The number of nitrogens with one attached hydrogen (secondary N) is 1. The monoisotopic (exact) mass is 235 g/mol. The van der Waals surface area contributed by atoms with Crippen LogP contribution in [0.2, 0.25) is 0 Å². The highest BCUT2D eigenvalue weighted by atomic mass is 19.1. The summed E-state index contributed by atoms with van der Waals surface area (Å²) in [5.41, 5.74) is 1.75. The number of hydrogen-bond donors (Lipinski definition) is 1. The molecular weight excluding hydrogens is 213 g/mol. The van der Waals surface area contributed by atoms with Gasteiger partial charge in [-0.2, -0.15) is 0 Å². The third-order valence-corrected chi connectivity index (χ3v) is 3.87. The fraction of sp³-hybridized carbons (Fsp3) is 0.600. The molecule has 1 aromatic carbocycles. The average Bonchev–Trinajstić information content (AvgIpc) is 3.13. The van der Waals surface area contributed by atoms with Crippen molar-refractivity contribution in [2.24, 2.45) is 11.8 Å². The predicted octanol–water partition coefficient (Wildman–Crippen LogP) is 3.83.